The number of methoxy groups -OCH3 is 2. The molecule has 0 aliphatic rings. The van der Waals surface area contributed by atoms with E-state index >= 15 is 0 Å². The van der Waals surface area contributed by atoms with Crippen LogP contribution in [0.1, 0.15) is 18.5 Å². The van der Waals surface area contributed by atoms with E-state index < -0.39 is 5.82 Å². The number of ether oxygens (including phenoxy) is 2. The van der Waals surface area contributed by atoms with Gasteiger partial charge in [-0.25, -0.2) is 4.39 Å². The van der Waals surface area contributed by atoms with Crippen molar-refractivity contribution < 1.29 is 18.7 Å². The van der Waals surface area contributed by atoms with Crippen molar-refractivity contribution in [3.05, 3.63) is 51.8 Å². The van der Waals surface area contributed by atoms with E-state index in [4.69, 9.17) is 32.7 Å². The second-order valence-electron chi connectivity index (χ2n) is 5.51. The fraction of sp³-hybridized carbons (Fsp3) is 0.278. The van der Waals surface area contributed by atoms with E-state index in [0.29, 0.717) is 27.8 Å². The molecule has 1 atom stereocenters. The van der Waals surface area contributed by atoms with Crippen molar-refractivity contribution in [2.24, 2.45) is 0 Å². The summed E-state index contributed by atoms with van der Waals surface area (Å²) in [6, 6.07) is 7.32. The summed E-state index contributed by atoms with van der Waals surface area (Å²) in [4.78, 5) is 12.1. The van der Waals surface area contributed by atoms with Gasteiger partial charge in [0.25, 0.3) is 0 Å². The Bertz CT molecular complexity index is 802. The zero-order chi connectivity index (χ0) is 19.3. The molecule has 5 nitrogen and oxygen atoms in total. The van der Waals surface area contributed by atoms with Crippen molar-refractivity contribution in [2.45, 2.75) is 13.0 Å². The molecule has 2 N–H and O–H groups in total. The third-order valence-electron chi connectivity index (χ3n) is 3.74. The number of hydrogen-bond acceptors (Lipinski definition) is 4. The maximum Gasteiger partial charge on any atom is 0.238 e. The van der Waals surface area contributed by atoms with E-state index in [2.05, 4.69) is 10.6 Å². The Hall–Kier alpha value is -2.02. The van der Waals surface area contributed by atoms with Crippen LogP contribution in [-0.2, 0) is 4.79 Å². The molecular weight excluding hydrogens is 382 g/mol. The lowest BCUT2D eigenvalue weighted by Crippen LogP contribution is -2.30. The summed E-state index contributed by atoms with van der Waals surface area (Å²) in [5, 5.41) is 6.03. The summed E-state index contributed by atoms with van der Waals surface area (Å²) >= 11 is 11.8. The van der Waals surface area contributed by atoms with Gasteiger partial charge in [0.2, 0.25) is 5.91 Å². The van der Waals surface area contributed by atoms with Gasteiger partial charge in [-0.15, -0.1) is 0 Å². The summed E-state index contributed by atoms with van der Waals surface area (Å²) in [5.74, 6) is 0.246. The van der Waals surface area contributed by atoms with Crippen LogP contribution in [0.25, 0.3) is 0 Å². The molecule has 0 aromatic heterocycles. The molecule has 0 bridgehead atoms. The largest absolute Gasteiger partial charge is 0.493 e. The normalized spacial score (nSPS) is 11.8. The molecule has 8 heteroatoms. The molecule has 0 radical (unpaired) electrons. The Balaban J connectivity index is 1.97. The van der Waals surface area contributed by atoms with Crippen molar-refractivity contribution in [2.75, 3.05) is 26.1 Å². The number of anilines is 1. The van der Waals surface area contributed by atoms with E-state index in [1.54, 1.807) is 25.1 Å². The minimum Gasteiger partial charge on any atom is -0.493 e. The number of halogens is 3. The SMILES string of the molecule is COc1ccc(NC(=O)CN[C@H](C)c2cc(F)c(Cl)cc2Cl)cc1OC. The number of nitrogens with one attached hydrogen (secondary N) is 2. The molecule has 140 valence electrons. The first-order valence-electron chi connectivity index (χ1n) is 7.75. The van der Waals surface area contributed by atoms with Crippen LogP contribution in [0.2, 0.25) is 10.0 Å². The van der Waals surface area contributed by atoms with Gasteiger partial charge >= 0.3 is 0 Å². The first-order valence-corrected chi connectivity index (χ1v) is 8.51. The molecular formula is C18H19Cl2FN2O3. The van der Waals surface area contributed by atoms with Gasteiger partial charge in [-0.2, -0.15) is 0 Å². The van der Waals surface area contributed by atoms with Crippen molar-refractivity contribution in [1.82, 2.24) is 5.32 Å². The molecule has 0 spiro atoms. The number of benzene rings is 2. The highest BCUT2D eigenvalue weighted by atomic mass is 35.5. The highest BCUT2D eigenvalue weighted by Crippen LogP contribution is 2.30. The van der Waals surface area contributed by atoms with Crippen LogP contribution >= 0.6 is 23.2 Å². The number of carbonyl (C=O) groups excluding carboxylic acids is 1. The average Bonchev–Trinajstić information content (AvgIpc) is 2.62. The van der Waals surface area contributed by atoms with Gasteiger partial charge in [-0.1, -0.05) is 23.2 Å². The fourth-order valence-corrected chi connectivity index (χ4v) is 2.89. The second-order valence-corrected chi connectivity index (χ2v) is 6.32. The second kappa shape index (κ2) is 9.07. The molecule has 26 heavy (non-hydrogen) atoms. The summed E-state index contributed by atoms with van der Waals surface area (Å²) in [6.07, 6.45) is 0. The Kier molecular flexibility index (Phi) is 7.08. The first-order chi connectivity index (χ1) is 12.3. The molecule has 0 aliphatic carbocycles. The third-order valence-corrected chi connectivity index (χ3v) is 4.36. The zero-order valence-electron chi connectivity index (χ0n) is 14.5. The molecule has 0 unspecified atom stereocenters. The van der Waals surface area contributed by atoms with E-state index in [9.17, 15) is 9.18 Å². The molecule has 0 saturated heterocycles. The van der Waals surface area contributed by atoms with E-state index in [0.717, 1.165) is 0 Å². The molecule has 2 rings (SSSR count). The highest BCUT2D eigenvalue weighted by molar-refractivity contribution is 6.35. The van der Waals surface area contributed by atoms with Gasteiger partial charge in [0.1, 0.15) is 5.82 Å². The molecule has 0 fully saturated rings. The van der Waals surface area contributed by atoms with Gasteiger partial charge in [0.15, 0.2) is 11.5 Å². The molecule has 2 aromatic carbocycles. The zero-order valence-corrected chi connectivity index (χ0v) is 16.0. The van der Waals surface area contributed by atoms with Crippen LogP contribution in [-0.4, -0.2) is 26.7 Å². The fourth-order valence-electron chi connectivity index (χ4n) is 2.34. The van der Waals surface area contributed by atoms with Crippen LogP contribution in [0.4, 0.5) is 10.1 Å². The number of hydrogen-bond donors (Lipinski definition) is 2. The Morgan fingerprint density at radius 2 is 1.81 bits per heavy atom. The van der Waals surface area contributed by atoms with Gasteiger partial charge in [-0.05, 0) is 36.8 Å². The van der Waals surface area contributed by atoms with Crippen LogP contribution < -0.4 is 20.1 Å². The number of rotatable bonds is 7. The Morgan fingerprint density at radius 3 is 2.46 bits per heavy atom. The highest BCUT2D eigenvalue weighted by Gasteiger charge is 2.15. The third kappa shape index (κ3) is 5.00. The maximum absolute atomic E-state index is 13.6. The van der Waals surface area contributed by atoms with Gasteiger partial charge in [0.05, 0.1) is 25.8 Å². The summed E-state index contributed by atoms with van der Waals surface area (Å²) in [6.45, 7) is 1.79. The molecule has 0 saturated carbocycles. The first kappa shape index (κ1) is 20.3. The standard InChI is InChI=1S/C18H19Cl2FN2O3/c1-10(12-7-15(21)14(20)8-13(12)19)22-9-18(24)23-11-4-5-16(25-2)17(6-11)26-3/h4-8,10,22H,9H2,1-3H3,(H,23,24)/t10-/m1/s1. The molecule has 2 aromatic rings. The Morgan fingerprint density at radius 1 is 1.12 bits per heavy atom. The smallest absolute Gasteiger partial charge is 0.238 e. The maximum atomic E-state index is 13.6. The van der Waals surface area contributed by atoms with Gasteiger partial charge in [-0.3, -0.25) is 4.79 Å². The monoisotopic (exact) mass is 400 g/mol. The Labute approximate surface area is 161 Å². The average molecular weight is 401 g/mol. The summed E-state index contributed by atoms with van der Waals surface area (Å²) < 4.78 is 24.0. The van der Waals surface area contributed by atoms with Crippen molar-refractivity contribution >= 4 is 34.8 Å². The van der Waals surface area contributed by atoms with Crippen LogP contribution in [0.5, 0.6) is 11.5 Å². The number of amides is 1. The van der Waals surface area contributed by atoms with Crippen LogP contribution in [0.15, 0.2) is 30.3 Å². The molecule has 0 heterocycles. The van der Waals surface area contributed by atoms with Crippen molar-refractivity contribution in [1.29, 1.82) is 0 Å². The van der Waals surface area contributed by atoms with Crippen LogP contribution in [0, 0.1) is 5.82 Å². The predicted molar refractivity (Wildman–Crippen MR) is 101 cm³/mol. The lowest BCUT2D eigenvalue weighted by atomic mass is 10.1. The lowest BCUT2D eigenvalue weighted by molar-refractivity contribution is -0.115. The molecule has 0 aliphatic heterocycles. The van der Waals surface area contributed by atoms with E-state index in [-0.39, 0.29) is 23.5 Å². The number of carbonyl (C=O) groups is 1. The predicted octanol–water partition coefficient (Wildman–Crippen LogP) is 4.44. The minimum absolute atomic E-state index is 0.0100. The van der Waals surface area contributed by atoms with E-state index in [1.165, 1.54) is 26.4 Å². The summed E-state index contributed by atoms with van der Waals surface area (Å²) in [7, 11) is 3.05. The summed E-state index contributed by atoms with van der Waals surface area (Å²) in [5.41, 5.74) is 1.09. The van der Waals surface area contributed by atoms with Crippen LogP contribution in [0.3, 0.4) is 0 Å². The minimum atomic E-state index is -0.561. The van der Waals surface area contributed by atoms with Crippen molar-refractivity contribution in [3.63, 3.8) is 0 Å². The quantitative estimate of drug-likeness (QED) is 0.674. The topological polar surface area (TPSA) is 59.6 Å². The van der Waals surface area contributed by atoms with Gasteiger partial charge < -0.3 is 20.1 Å². The van der Waals surface area contributed by atoms with Gasteiger partial charge in [0, 0.05) is 22.8 Å². The lowest BCUT2D eigenvalue weighted by Gasteiger charge is -2.16. The molecule has 1 amide bonds. The van der Waals surface area contributed by atoms with E-state index in [1.807, 2.05) is 0 Å². The van der Waals surface area contributed by atoms with Crippen molar-refractivity contribution in [3.8, 4) is 11.5 Å².